The second kappa shape index (κ2) is 5.78. The van der Waals surface area contributed by atoms with Crippen molar-refractivity contribution in [2.45, 2.75) is 25.3 Å². The summed E-state index contributed by atoms with van der Waals surface area (Å²) < 4.78 is 5.16. The number of nitrogens with one attached hydrogen (secondary N) is 1. The molecule has 0 aliphatic heterocycles. The van der Waals surface area contributed by atoms with Crippen LogP contribution in [0.15, 0.2) is 42.5 Å². The minimum atomic E-state index is 0.182. The van der Waals surface area contributed by atoms with E-state index in [0.717, 1.165) is 18.5 Å². The Kier molecular flexibility index (Phi) is 3.84. The van der Waals surface area contributed by atoms with Crippen LogP contribution in [0, 0.1) is 0 Å². The van der Waals surface area contributed by atoms with Crippen LogP contribution in [-0.4, -0.2) is 18.8 Å². The highest BCUT2D eigenvalue weighted by Gasteiger charge is 2.25. The molecule has 3 nitrogen and oxygen atoms in total. The van der Waals surface area contributed by atoms with Crippen molar-refractivity contribution < 1.29 is 9.84 Å². The van der Waals surface area contributed by atoms with Gasteiger partial charge >= 0.3 is 0 Å². The Morgan fingerprint density at radius 1 is 1.29 bits per heavy atom. The Labute approximate surface area is 125 Å². The van der Waals surface area contributed by atoms with Crippen LogP contribution in [0.5, 0.6) is 11.5 Å². The van der Waals surface area contributed by atoms with E-state index in [1.54, 1.807) is 13.2 Å². The van der Waals surface area contributed by atoms with E-state index in [2.05, 4.69) is 36.5 Å². The van der Waals surface area contributed by atoms with E-state index < -0.39 is 0 Å². The molecule has 0 fully saturated rings. The Hall–Kier alpha value is -2.00. The number of phenols is 1. The minimum Gasteiger partial charge on any atom is -0.504 e. The molecule has 1 aliphatic rings. The van der Waals surface area contributed by atoms with Crippen LogP contribution in [0.25, 0.3) is 0 Å². The van der Waals surface area contributed by atoms with Crippen LogP contribution in [0.3, 0.4) is 0 Å². The number of ether oxygens (including phenoxy) is 1. The predicted octanol–water partition coefficient (Wildman–Crippen LogP) is 3.39. The molecule has 0 bridgehead atoms. The standard InChI is InChI=1S/C18H21NO2/c1-12(13-7-8-17(20)18(10-13)21-2)19-11-15-9-14-5-3-4-6-16(14)15/h3-8,10,12,15,19-20H,9,11H2,1-2H3. The van der Waals surface area contributed by atoms with Crippen LogP contribution in [-0.2, 0) is 6.42 Å². The van der Waals surface area contributed by atoms with Crippen molar-refractivity contribution in [1.82, 2.24) is 5.32 Å². The smallest absolute Gasteiger partial charge is 0.160 e. The fraction of sp³-hybridized carbons (Fsp3) is 0.333. The summed E-state index contributed by atoms with van der Waals surface area (Å²) >= 11 is 0. The lowest BCUT2D eigenvalue weighted by Crippen LogP contribution is -2.30. The first-order chi connectivity index (χ1) is 10.2. The van der Waals surface area contributed by atoms with E-state index in [1.165, 1.54) is 11.1 Å². The van der Waals surface area contributed by atoms with Crippen molar-refractivity contribution in [3.63, 3.8) is 0 Å². The van der Waals surface area contributed by atoms with Gasteiger partial charge in [0, 0.05) is 18.5 Å². The molecule has 110 valence electrons. The van der Waals surface area contributed by atoms with Gasteiger partial charge in [-0.25, -0.2) is 0 Å². The van der Waals surface area contributed by atoms with Crippen molar-refractivity contribution in [1.29, 1.82) is 0 Å². The molecule has 2 aromatic rings. The second-order valence-electron chi connectivity index (χ2n) is 5.66. The van der Waals surface area contributed by atoms with Crippen molar-refractivity contribution in [2.24, 2.45) is 0 Å². The molecule has 21 heavy (non-hydrogen) atoms. The Bertz CT molecular complexity index is 639. The molecule has 0 radical (unpaired) electrons. The van der Waals surface area contributed by atoms with E-state index in [0.29, 0.717) is 11.7 Å². The van der Waals surface area contributed by atoms with Gasteiger partial charge in [-0.2, -0.15) is 0 Å². The van der Waals surface area contributed by atoms with Crippen LogP contribution in [0.1, 0.15) is 35.6 Å². The third-order valence-electron chi connectivity index (χ3n) is 4.34. The van der Waals surface area contributed by atoms with Crippen LogP contribution < -0.4 is 10.1 Å². The van der Waals surface area contributed by atoms with Gasteiger partial charge in [-0.15, -0.1) is 0 Å². The molecule has 1 aliphatic carbocycles. The molecular formula is C18H21NO2. The first kappa shape index (κ1) is 14.0. The van der Waals surface area contributed by atoms with Crippen LogP contribution in [0.4, 0.5) is 0 Å². The SMILES string of the molecule is COc1cc(C(C)NCC2Cc3ccccc32)ccc1O. The number of aromatic hydroxyl groups is 1. The predicted molar refractivity (Wildman–Crippen MR) is 84.0 cm³/mol. The fourth-order valence-corrected chi connectivity index (χ4v) is 2.95. The quantitative estimate of drug-likeness (QED) is 0.883. The molecule has 0 amide bonds. The average Bonchev–Trinajstić information content (AvgIpc) is 2.48. The highest BCUT2D eigenvalue weighted by atomic mass is 16.5. The normalized spacial score (nSPS) is 17.7. The number of fused-ring (bicyclic) bond motifs is 1. The van der Waals surface area contributed by atoms with Crippen molar-refractivity contribution >= 4 is 0 Å². The lowest BCUT2D eigenvalue weighted by Gasteiger charge is -2.31. The van der Waals surface area contributed by atoms with Crippen LogP contribution >= 0.6 is 0 Å². The Morgan fingerprint density at radius 3 is 2.86 bits per heavy atom. The van der Waals surface area contributed by atoms with E-state index in [9.17, 15) is 5.11 Å². The number of hydrogen-bond acceptors (Lipinski definition) is 3. The third kappa shape index (κ3) is 2.74. The molecule has 0 heterocycles. The molecule has 2 N–H and O–H groups in total. The summed E-state index contributed by atoms with van der Waals surface area (Å²) in [6.45, 7) is 3.11. The van der Waals surface area contributed by atoms with E-state index >= 15 is 0 Å². The molecule has 3 heteroatoms. The summed E-state index contributed by atoms with van der Waals surface area (Å²) in [4.78, 5) is 0. The maximum Gasteiger partial charge on any atom is 0.160 e. The van der Waals surface area contributed by atoms with Gasteiger partial charge in [0.1, 0.15) is 0 Å². The van der Waals surface area contributed by atoms with E-state index in [4.69, 9.17) is 4.74 Å². The molecule has 2 unspecified atom stereocenters. The Morgan fingerprint density at radius 2 is 2.10 bits per heavy atom. The summed E-state index contributed by atoms with van der Waals surface area (Å²) in [6.07, 6.45) is 1.16. The van der Waals surface area contributed by atoms with E-state index in [1.807, 2.05) is 12.1 Å². The maximum absolute atomic E-state index is 9.65. The molecule has 2 aromatic carbocycles. The van der Waals surface area contributed by atoms with Crippen molar-refractivity contribution in [3.8, 4) is 11.5 Å². The number of rotatable bonds is 5. The zero-order valence-corrected chi connectivity index (χ0v) is 12.5. The number of phenolic OH excluding ortho intramolecular Hbond substituents is 1. The van der Waals surface area contributed by atoms with Gasteiger partial charge in [0.25, 0.3) is 0 Å². The molecule has 0 saturated heterocycles. The largest absolute Gasteiger partial charge is 0.504 e. The summed E-state index contributed by atoms with van der Waals surface area (Å²) in [5.74, 6) is 1.32. The number of benzene rings is 2. The molecule has 0 saturated carbocycles. The topological polar surface area (TPSA) is 41.5 Å². The van der Waals surface area contributed by atoms with Crippen molar-refractivity contribution in [2.75, 3.05) is 13.7 Å². The molecule has 0 spiro atoms. The molecule has 3 rings (SSSR count). The first-order valence-corrected chi connectivity index (χ1v) is 7.37. The maximum atomic E-state index is 9.65. The Balaban J connectivity index is 1.61. The molecule has 0 aromatic heterocycles. The average molecular weight is 283 g/mol. The fourth-order valence-electron chi connectivity index (χ4n) is 2.95. The summed E-state index contributed by atoms with van der Waals surface area (Å²) in [6, 6.07) is 14.4. The lowest BCUT2D eigenvalue weighted by atomic mass is 9.77. The third-order valence-corrected chi connectivity index (χ3v) is 4.34. The highest BCUT2D eigenvalue weighted by molar-refractivity contribution is 5.43. The monoisotopic (exact) mass is 283 g/mol. The van der Waals surface area contributed by atoms with Gasteiger partial charge in [-0.3, -0.25) is 0 Å². The van der Waals surface area contributed by atoms with Gasteiger partial charge in [-0.05, 0) is 42.2 Å². The molecule has 2 atom stereocenters. The lowest BCUT2D eigenvalue weighted by molar-refractivity contribution is 0.372. The van der Waals surface area contributed by atoms with Gasteiger partial charge in [0.15, 0.2) is 11.5 Å². The van der Waals surface area contributed by atoms with Gasteiger partial charge in [0.2, 0.25) is 0 Å². The zero-order valence-electron chi connectivity index (χ0n) is 12.5. The van der Waals surface area contributed by atoms with Gasteiger partial charge in [-0.1, -0.05) is 30.3 Å². The summed E-state index contributed by atoms with van der Waals surface area (Å²) in [5, 5.41) is 13.2. The van der Waals surface area contributed by atoms with Crippen LogP contribution in [0.2, 0.25) is 0 Å². The minimum absolute atomic E-state index is 0.182. The van der Waals surface area contributed by atoms with Crippen molar-refractivity contribution in [3.05, 3.63) is 59.2 Å². The zero-order chi connectivity index (χ0) is 14.8. The highest BCUT2D eigenvalue weighted by Crippen LogP contribution is 2.35. The first-order valence-electron chi connectivity index (χ1n) is 7.37. The van der Waals surface area contributed by atoms with Gasteiger partial charge < -0.3 is 15.2 Å². The summed E-state index contributed by atoms with van der Waals surface area (Å²) in [5.41, 5.74) is 4.07. The van der Waals surface area contributed by atoms with E-state index in [-0.39, 0.29) is 11.8 Å². The number of hydrogen-bond donors (Lipinski definition) is 2. The molecular weight excluding hydrogens is 262 g/mol. The summed E-state index contributed by atoms with van der Waals surface area (Å²) in [7, 11) is 1.57. The van der Waals surface area contributed by atoms with Gasteiger partial charge in [0.05, 0.1) is 7.11 Å². The second-order valence-corrected chi connectivity index (χ2v) is 5.66. The number of methoxy groups -OCH3 is 1.